The number of aromatic amines is 1. The molecule has 158 valence electrons. The summed E-state index contributed by atoms with van der Waals surface area (Å²) in [6.07, 6.45) is 0.564. The number of carbonyl (C=O) groups excluding carboxylic acids is 1. The first-order valence-electron chi connectivity index (χ1n) is 9.99. The second-order valence-corrected chi connectivity index (χ2v) is 7.47. The van der Waals surface area contributed by atoms with Crippen LogP contribution in [0.15, 0.2) is 47.3 Å². The monoisotopic (exact) mass is 422 g/mol. The Kier molecular flexibility index (Phi) is 5.67. The molecule has 4 rings (SSSR count). The minimum Gasteiger partial charge on any atom is -0.367 e. The number of piperazine rings is 1. The van der Waals surface area contributed by atoms with Crippen LogP contribution < -0.4 is 10.5 Å². The number of hydrogen-bond donors (Lipinski definition) is 1. The molecular formula is C23H20F2N4O2. The van der Waals surface area contributed by atoms with Crippen LogP contribution >= 0.6 is 0 Å². The average Bonchev–Trinajstić information content (AvgIpc) is 2.77. The average molecular weight is 422 g/mol. The van der Waals surface area contributed by atoms with E-state index in [4.69, 9.17) is 0 Å². The van der Waals surface area contributed by atoms with Crippen molar-refractivity contribution < 1.29 is 13.6 Å². The number of benzene rings is 2. The topological polar surface area (TPSA) is 80.2 Å². The molecule has 1 saturated heterocycles. The molecule has 3 aromatic rings. The predicted molar refractivity (Wildman–Crippen MR) is 113 cm³/mol. The van der Waals surface area contributed by atoms with Gasteiger partial charge >= 0.3 is 0 Å². The second kappa shape index (κ2) is 8.56. The first-order valence-corrected chi connectivity index (χ1v) is 9.99. The van der Waals surface area contributed by atoms with Gasteiger partial charge in [-0.3, -0.25) is 9.59 Å². The molecule has 0 aliphatic carbocycles. The Morgan fingerprint density at radius 1 is 1.10 bits per heavy atom. The van der Waals surface area contributed by atoms with Crippen LogP contribution in [0.2, 0.25) is 0 Å². The van der Waals surface area contributed by atoms with Crippen molar-refractivity contribution in [1.82, 2.24) is 9.88 Å². The number of nitrogens with zero attached hydrogens (tertiary/aromatic N) is 3. The number of rotatable bonds is 4. The van der Waals surface area contributed by atoms with Gasteiger partial charge in [-0.1, -0.05) is 12.1 Å². The molecule has 1 aliphatic rings. The maximum absolute atomic E-state index is 13.8. The first kappa shape index (κ1) is 20.5. The lowest BCUT2D eigenvalue weighted by Crippen LogP contribution is -2.49. The number of pyridine rings is 1. The van der Waals surface area contributed by atoms with Crippen LogP contribution in [-0.4, -0.2) is 42.0 Å². The number of nitriles is 1. The molecule has 1 aliphatic heterocycles. The molecule has 0 radical (unpaired) electrons. The van der Waals surface area contributed by atoms with E-state index in [1.54, 1.807) is 29.2 Å². The van der Waals surface area contributed by atoms with Gasteiger partial charge in [0.15, 0.2) is 0 Å². The van der Waals surface area contributed by atoms with Gasteiger partial charge in [-0.05, 0) is 42.1 Å². The molecule has 2 heterocycles. The van der Waals surface area contributed by atoms with Gasteiger partial charge in [0.2, 0.25) is 5.91 Å². The zero-order chi connectivity index (χ0) is 22.0. The third-order valence-electron chi connectivity index (χ3n) is 5.54. The molecule has 0 unspecified atom stereocenters. The molecule has 1 fully saturated rings. The summed E-state index contributed by atoms with van der Waals surface area (Å²) < 4.78 is 27.2. The van der Waals surface area contributed by atoms with Gasteiger partial charge < -0.3 is 14.8 Å². The summed E-state index contributed by atoms with van der Waals surface area (Å²) in [5.41, 5.74) is 1.02. The van der Waals surface area contributed by atoms with E-state index in [0.717, 1.165) is 0 Å². The smallest absolute Gasteiger partial charge is 0.258 e. The van der Waals surface area contributed by atoms with Crippen molar-refractivity contribution in [1.29, 1.82) is 5.26 Å². The molecule has 0 spiro atoms. The van der Waals surface area contributed by atoms with Crippen LogP contribution in [0.1, 0.15) is 17.7 Å². The minimum atomic E-state index is -0.569. The van der Waals surface area contributed by atoms with Crippen molar-refractivity contribution in [3.8, 4) is 6.07 Å². The molecular weight excluding hydrogens is 402 g/mol. The molecule has 0 atom stereocenters. The Hall–Kier alpha value is -3.73. The number of aromatic nitrogens is 1. The fourth-order valence-corrected chi connectivity index (χ4v) is 3.94. The SMILES string of the molecule is N#Cc1cc(F)ccc1N1CCN(C(=O)CCc2cc3cccc(F)c3c(=O)[nH]2)CC1. The number of amides is 1. The lowest BCUT2D eigenvalue weighted by Gasteiger charge is -2.36. The summed E-state index contributed by atoms with van der Waals surface area (Å²) >= 11 is 0. The zero-order valence-corrected chi connectivity index (χ0v) is 16.7. The van der Waals surface area contributed by atoms with E-state index in [1.807, 2.05) is 11.0 Å². The Labute approximate surface area is 177 Å². The Morgan fingerprint density at radius 3 is 2.61 bits per heavy atom. The third-order valence-corrected chi connectivity index (χ3v) is 5.54. The van der Waals surface area contributed by atoms with Crippen LogP contribution in [0.4, 0.5) is 14.5 Å². The summed E-state index contributed by atoms with van der Waals surface area (Å²) in [5.74, 6) is -1.07. The van der Waals surface area contributed by atoms with Crippen LogP contribution in [-0.2, 0) is 11.2 Å². The highest BCUT2D eigenvalue weighted by atomic mass is 19.1. The summed E-state index contributed by atoms with van der Waals surface area (Å²) in [5, 5.41) is 9.77. The molecule has 2 aromatic carbocycles. The number of H-pyrrole nitrogens is 1. The van der Waals surface area contributed by atoms with Crippen molar-refractivity contribution in [2.45, 2.75) is 12.8 Å². The highest BCUT2D eigenvalue weighted by molar-refractivity contribution is 5.82. The maximum Gasteiger partial charge on any atom is 0.258 e. The van der Waals surface area contributed by atoms with E-state index in [2.05, 4.69) is 4.98 Å². The highest BCUT2D eigenvalue weighted by Crippen LogP contribution is 2.23. The summed E-state index contributed by atoms with van der Waals surface area (Å²) in [6, 6.07) is 12.3. The van der Waals surface area contributed by atoms with Gasteiger partial charge in [-0.2, -0.15) is 5.26 Å². The van der Waals surface area contributed by atoms with E-state index in [-0.39, 0.29) is 23.3 Å². The number of aryl methyl sites for hydroxylation is 1. The molecule has 1 amide bonds. The molecule has 8 heteroatoms. The van der Waals surface area contributed by atoms with E-state index in [9.17, 15) is 23.6 Å². The van der Waals surface area contributed by atoms with Crippen LogP contribution in [0.3, 0.4) is 0 Å². The summed E-state index contributed by atoms with van der Waals surface area (Å²) in [4.78, 5) is 31.2. The zero-order valence-electron chi connectivity index (χ0n) is 16.7. The molecule has 31 heavy (non-hydrogen) atoms. The van der Waals surface area contributed by atoms with Crippen LogP contribution in [0.25, 0.3) is 10.8 Å². The van der Waals surface area contributed by atoms with Gasteiger partial charge in [-0.25, -0.2) is 8.78 Å². The second-order valence-electron chi connectivity index (χ2n) is 7.47. The first-order chi connectivity index (χ1) is 15.0. The van der Waals surface area contributed by atoms with Crippen molar-refractivity contribution in [3.63, 3.8) is 0 Å². The maximum atomic E-state index is 13.8. The van der Waals surface area contributed by atoms with Crippen LogP contribution in [0.5, 0.6) is 0 Å². The van der Waals surface area contributed by atoms with Gasteiger partial charge in [0.1, 0.15) is 17.7 Å². The third kappa shape index (κ3) is 4.26. The number of fused-ring (bicyclic) bond motifs is 1. The van der Waals surface area contributed by atoms with Gasteiger partial charge in [0.25, 0.3) is 5.56 Å². The fourth-order valence-electron chi connectivity index (χ4n) is 3.94. The Balaban J connectivity index is 1.37. The van der Waals surface area contributed by atoms with Crippen molar-refractivity contribution in [3.05, 3.63) is 75.7 Å². The van der Waals surface area contributed by atoms with Gasteiger partial charge in [-0.15, -0.1) is 0 Å². The van der Waals surface area contributed by atoms with E-state index in [0.29, 0.717) is 49.4 Å². The van der Waals surface area contributed by atoms with Crippen molar-refractivity contribution in [2.24, 2.45) is 0 Å². The van der Waals surface area contributed by atoms with E-state index in [1.165, 1.54) is 18.2 Å². The Bertz CT molecular complexity index is 1240. The Morgan fingerprint density at radius 2 is 1.87 bits per heavy atom. The van der Waals surface area contributed by atoms with Crippen LogP contribution in [0, 0.1) is 23.0 Å². The molecule has 0 bridgehead atoms. The largest absolute Gasteiger partial charge is 0.367 e. The molecule has 1 N–H and O–H groups in total. The summed E-state index contributed by atoms with van der Waals surface area (Å²) in [6.45, 7) is 2.05. The number of anilines is 1. The van der Waals surface area contributed by atoms with Crippen molar-refractivity contribution in [2.75, 3.05) is 31.1 Å². The van der Waals surface area contributed by atoms with Gasteiger partial charge in [0.05, 0.1) is 16.6 Å². The number of nitrogens with one attached hydrogen (secondary N) is 1. The quantitative estimate of drug-likeness (QED) is 0.701. The number of carbonyl (C=O) groups is 1. The summed E-state index contributed by atoms with van der Waals surface area (Å²) in [7, 11) is 0. The number of halogens is 2. The highest BCUT2D eigenvalue weighted by Gasteiger charge is 2.23. The van der Waals surface area contributed by atoms with Gasteiger partial charge in [0, 0.05) is 38.3 Å². The van der Waals surface area contributed by atoms with E-state index < -0.39 is 17.2 Å². The molecule has 1 aromatic heterocycles. The normalized spacial score (nSPS) is 14.0. The van der Waals surface area contributed by atoms with Crippen molar-refractivity contribution >= 4 is 22.4 Å². The lowest BCUT2D eigenvalue weighted by atomic mass is 10.1. The lowest BCUT2D eigenvalue weighted by molar-refractivity contribution is -0.131. The minimum absolute atomic E-state index is 0.0197. The predicted octanol–water partition coefficient (Wildman–Crippen LogP) is 2.96. The fraction of sp³-hybridized carbons (Fsp3) is 0.261. The molecule has 0 saturated carbocycles. The molecule has 6 nitrogen and oxygen atoms in total. The number of hydrogen-bond acceptors (Lipinski definition) is 4. The standard InChI is InChI=1S/C23H20F2N4O2/c24-17-4-6-20(16(12-17)14-26)28-8-10-29(11-9-28)21(30)7-5-18-13-15-2-1-3-19(25)22(15)23(31)27-18/h1-4,6,12-13H,5,7-11H2,(H,27,31). The van der Waals surface area contributed by atoms with E-state index >= 15 is 0 Å².